The first-order chi connectivity index (χ1) is 15.6. The van der Waals surface area contributed by atoms with E-state index in [1.807, 2.05) is 31.2 Å². The Morgan fingerprint density at radius 2 is 2.00 bits per heavy atom. The summed E-state index contributed by atoms with van der Waals surface area (Å²) < 4.78 is 0. The second kappa shape index (κ2) is 10.3. The van der Waals surface area contributed by atoms with Crippen LogP contribution in [-0.4, -0.2) is 47.1 Å². The molecule has 0 unspecified atom stereocenters. The summed E-state index contributed by atoms with van der Waals surface area (Å²) in [5.41, 5.74) is 4.48. The second-order valence-corrected chi connectivity index (χ2v) is 8.46. The Hall–Kier alpha value is -3.31. The minimum absolute atomic E-state index is 0.0785. The molecule has 5 nitrogen and oxygen atoms in total. The molecule has 0 saturated carbocycles. The maximum Gasteiger partial charge on any atom is 0.244 e. The van der Waals surface area contributed by atoms with E-state index in [9.17, 15) is 9.90 Å². The molecule has 3 N–H and O–H groups in total. The first-order valence-electron chi connectivity index (χ1n) is 11.3. The number of hydrogen-bond donors (Lipinski definition) is 3. The van der Waals surface area contributed by atoms with Gasteiger partial charge < -0.3 is 20.3 Å². The number of carbonyl (C=O) groups is 1. The monoisotopic (exact) mass is 429 g/mol. The third-order valence-electron chi connectivity index (χ3n) is 6.24. The molecule has 0 bridgehead atoms. The van der Waals surface area contributed by atoms with E-state index in [0.717, 1.165) is 43.6 Å². The van der Waals surface area contributed by atoms with Gasteiger partial charge in [0.2, 0.25) is 5.91 Å². The van der Waals surface area contributed by atoms with Gasteiger partial charge >= 0.3 is 0 Å². The van der Waals surface area contributed by atoms with Gasteiger partial charge in [0.25, 0.3) is 0 Å². The highest BCUT2D eigenvalue weighted by Crippen LogP contribution is 2.32. The van der Waals surface area contributed by atoms with E-state index in [-0.39, 0.29) is 5.91 Å². The first kappa shape index (κ1) is 21.9. The summed E-state index contributed by atoms with van der Waals surface area (Å²) in [4.78, 5) is 17.9. The van der Waals surface area contributed by atoms with Crippen molar-refractivity contribution in [2.24, 2.45) is 0 Å². The molecule has 1 fully saturated rings. The van der Waals surface area contributed by atoms with Crippen molar-refractivity contribution in [3.63, 3.8) is 0 Å². The zero-order chi connectivity index (χ0) is 22.3. The minimum Gasteiger partial charge on any atom is -0.508 e. The number of phenols is 1. The highest BCUT2D eigenvalue weighted by Gasteiger charge is 2.22. The highest BCUT2D eigenvalue weighted by atomic mass is 16.3. The van der Waals surface area contributed by atoms with E-state index in [2.05, 4.69) is 45.7 Å². The number of aromatic amines is 1. The maximum absolute atomic E-state index is 12.0. The standard InChI is InChI=1S/C27H31N3O2/c1-20-18-21(10-11-26(20)31)6-2-5-9-27(32)28-14-17-30-15-12-22(13-16-30)24-19-29-25-8-4-3-7-23(24)25/h2-11,18-19,22,29,31H,12-17H2,1H3,(H,28,32)/b6-2+,9-5+. The van der Waals surface area contributed by atoms with Crippen LogP contribution < -0.4 is 5.32 Å². The fourth-order valence-corrected chi connectivity index (χ4v) is 4.39. The van der Waals surface area contributed by atoms with Gasteiger partial charge in [0.05, 0.1) is 0 Å². The fraction of sp³-hybridized carbons (Fsp3) is 0.296. The molecular formula is C27H31N3O2. The third-order valence-corrected chi connectivity index (χ3v) is 6.24. The number of benzene rings is 2. The number of hydrogen-bond acceptors (Lipinski definition) is 3. The average molecular weight is 430 g/mol. The summed E-state index contributed by atoms with van der Waals surface area (Å²) in [6.45, 7) is 5.51. The molecule has 1 aromatic heterocycles. The van der Waals surface area contributed by atoms with Crippen LogP contribution in [-0.2, 0) is 4.79 Å². The Bertz CT molecular complexity index is 1120. The van der Waals surface area contributed by atoms with Crippen molar-refractivity contribution in [1.29, 1.82) is 0 Å². The lowest BCUT2D eigenvalue weighted by molar-refractivity contribution is -0.116. The van der Waals surface area contributed by atoms with Gasteiger partial charge in [0, 0.05) is 36.3 Å². The summed E-state index contributed by atoms with van der Waals surface area (Å²) in [5, 5.41) is 13.9. The van der Waals surface area contributed by atoms with Gasteiger partial charge in [-0.15, -0.1) is 0 Å². The minimum atomic E-state index is -0.0785. The number of phenolic OH excluding ortho intramolecular Hbond substituents is 1. The van der Waals surface area contributed by atoms with E-state index >= 15 is 0 Å². The SMILES string of the molecule is Cc1cc(/C=C/C=C/C(=O)NCCN2CCC(c3c[nH]c4ccccc34)CC2)ccc1O. The highest BCUT2D eigenvalue weighted by molar-refractivity contribution is 5.87. The number of aryl methyl sites for hydroxylation is 1. The normalized spacial score (nSPS) is 15.8. The molecule has 3 aromatic rings. The number of aromatic nitrogens is 1. The zero-order valence-electron chi connectivity index (χ0n) is 18.6. The van der Waals surface area contributed by atoms with Gasteiger partial charge in [0.15, 0.2) is 0 Å². The maximum atomic E-state index is 12.0. The van der Waals surface area contributed by atoms with Gasteiger partial charge in [-0.3, -0.25) is 4.79 Å². The number of nitrogens with zero attached hydrogens (tertiary/aromatic N) is 1. The molecule has 0 radical (unpaired) electrons. The zero-order valence-corrected chi connectivity index (χ0v) is 18.6. The van der Waals surface area contributed by atoms with Gasteiger partial charge in [-0.25, -0.2) is 0 Å². The third kappa shape index (κ3) is 5.48. The molecule has 0 spiro atoms. The molecule has 32 heavy (non-hydrogen) atoms. The Kier molecular flexibility index (Phi) is 7.07. The van der Waals surface area contributed by atoms with Crippen molar-refractivity contribution in [2.45, 2.75) is 25.7 Å². The van der Waals surface area contributed by atoms with Crippen LogP contribution in [0.5, 0.6) is 5.75 Å². The molecule has 2 heterocycles. The predicted molar refractivity (Wildman–Crippen MR) is 131 cm³/mol. The largest absolute Gasteiger partial charge is 0.508 e. The number of allylic oxidation sites excluding steroid dienone is 2. The van der Waals surface area contributed by atoms with Crippen molar-refractivity contribution in [3.8, 4) is 5.75 Å². The number of nitrogens with one attached hydrogen (secondary N) is 2. The Balaban J connectivity index is 1.17. The van der Waals surface area contributed by atoms with Crippen LogP contribution in [0.25, 0.3) is 17.0 Å². The second-order valence-electron chi connectivity index (χ2n) is 8.46. The van der Waals surface area contributed by atoms with Crippen LogP contribution in [0.2, 0.25) is 0 Å². The first-order valence-corrected chi connectivity index (χ1v) is 11.3. The molecular weight excluding hydrogens is 398 g/mol. The molecule has 1 saturated heterocycles. The topological polar surface area (TPSA) is 68.4 Å². The van der Waals surface area contributed by atoms with E-state index in [0.29, 0.717) is 18.2 Å². The molecule has 4 rings (SSSR count). The lowest BCUT2D eigenvalue weighted by atomic mass is 9.89. The molecule has 1 aliphatic heterocycles. The molecule has 166 valence electrons. The Labute approximate surface area is 189 Å². The molecule has 1 amide bonds. The molecule has 0 atom stereocenters. The number of rotatable bonds is 7. The van der Waals surface area contributed by atoms with Gasteiger partial charge in [-0.05, 0) is 73.7 Å². The van der Waals surface area contributed by atoms with Crippen molar-refractivity contribution in [3.05, 3.63) is 83.6 Å². The molecule has 0 aliphatic carbocycles. The van der Waals surface area contributed by atoms with Gasteiger partial charge in [-0.2, -0.15) is 0 Å². The summed E-state index contributed by atoms with van der Waals surface area (Å²) in [7, 11) is 0. The van der Waals surface area contributed by atoms with Crippen molar-refractivity contribution in [2.75, 3.05) is 26.2 Å². The molecule has 1 aliphatic rings. The smallest absolute Gasteiger partial charge is 0.244 e. The van der Waals surface area contributed by atoms with Crippen LogP contribution >= 0.6 is 0 Å². The van der Waals surface area contributed by atoms with Crippen LogP contribution in [0.15, 0.2) is 66.9 Å². The lowest BCUT2D eigenvalue weighted by Gasteiger charge is -2.31. The van der Waals surface area contributed by atoms with Crippen molar-refractivity contribution < 1.29 is 9.90 Å². The summed E-state index contributed by atoms with van der Waals surface area (Å²) >= 11 is 0. The number of piperidine rings is 1. The van der Waals surface area contributed by atoms with Crippen molar-refractivity contribution in [1.82, 2.24) is 15.2 Å². The summed E-state index contributed by atoms with van der Waals surface area (Å²) in [6, 6.07) is 13.9. The number of H-pyrrole nitrogens is 1. The Morgan fingerprint density at radius 3 is 2.81 bits per heavy atom. The molecule has 2 aromatic carbocycles. The van der Waals surface area contributed by atoms with Crippen LogP contribution in [0.3, 0.4) is 0 Å². The number of amides is 1. The molecule has 5 heteroatoms. The average Bonchev–Trinajstić information content (AvgIpc) is 3.24. The van der Waals surface area contributed by atoms with Crippen LogP contribution in [0, 0.1) is 6.92 Å². The fourth-order valence-electron chi connectivity index (χ4n) is 4.39. The number of carbonyl (C=O) groups excluding carboxylic acids is 1. The quantitative estimate of drug-likeness (QED) is 0.375. The van der Waals surface area contributed by atoms with E-state index in [1.165, 1.54) is 16.5 Å². The van der Waals surface area contributed by atoms with E-state index < -0.39 is 0 Å². The predicted octanol–water partition coefficient (Wildman–Crippen LogP) is 4.75. The van der Waals surface area contributed by atoms with E-state index in [4.69, 9.17) is 0 Å². The number of fused-ring (bicyclic) bond motifs is 1. The van der Waals surface area contributed by atoms with Gasteiger partial charge in [0.1, 0.15) is 5.75 Å². The number of likely N-dealkylation sites (tertiary alicyclic amines) is 1. The summed E-state index contributed by atoms with van der Waals surface area (Å²) in [5.74, 6) is 0.813. The van der Waals surface area contributed by atoms with Crippen LogP contribution in [0.4, 0.5) is 0 Å². The number of aromatic hydroxyl groups is 1. The Morgan fingerprint density at radius 1 is 1.19 bits per heavy atom. The van der Waals surface area contributed by atoms with E-state index in [1.54, 1.807) is 18.2 Å². The lowest BCUT2D eigenvalue weighted by Crippen LogP contribution is -2.38. The van der Waals surface area contributed by atoms with Gasteiger partial charge in [-0.1, -0.05) is 42.5 Å². The van der Waals surface area contributed by atoms with Crippen LogP contribution in [0.1, 0.15) is 35.4 Å². The summed E-state index contributed by atoms with van der Waals surface area (Å²) in [6.07, 6.45) is 11.5. The number of para-hydroxylation sites is 1. The van der Waals surface area contributed by atoms with Crippen molar-refractivity contribution >= 4 is 22.9 Å².